The van der Waals surface area contributed by atoms with Gasteiger partial charge in [-0.25, -0.2) is 0 Å². The summed E-state index contributed by atoms with van der Waals surface area (Å²) in [6.45, 7) is 0. The first kappa shape index (κ1) is 9.00. The first-order valence-electron chi connectivity index (χ1n) is 5.85. The summed E-state index contributed by atoms with van der Waals surface area (Å²) in [6.07, 6.45) is 0.993. The van der Waals surface area contributed by atoms with Crippen molar-refractivity contribution >= 4 is 10.8 Å². The average molecular weight is 214 g/mol. The Balaban J connectivity index is 2.07. The molecule has 0 heterocycles. The van der Waals surface area contributed by atoms with Crippen LogP contribution in [0.5, 0.6) is 0 Å². The highest BCUT2D eigenvalue weighted by Gasteiger charge is 2.18. The van der Waals surface area contributed by atoms with Crippen molar-refractivity contribution in [3.8, 4) is 11.1 Å². The molecule has 0 aliphatic heterocycles. The zero-order chi connectivity index (χ0) is 11.2. The molecular formula is C17H10. The minimum Gasteiger partial charge on any atom is -0.0616 e. The van der Waals surface area contributed by atoms with Crippen molar-refractivity contribution in [3.63, 3.8) is 0 Å². The second-order valence-corrected chi connectivity index (χ2v) is 4.53. The molecule has 0 N–H and O–H groups in total. The zero-order valence-corrected chi connectivity index (χ0v) is 9.33. The van der Waals surface area contributed by atoms with Gasteiger partial charge in [0.05, 0.1) is 0 Å². The molecule has 0 amide bonds. The van der Waals surface area contributed by atoms with Crippen molar-refractivity contribution in [2.45, 2.75) is 6.42 Å². The Kier molecular flexibility index (Phi) is 1.70. The van der Waals surface area contributed by atoms with Crippen LogP contribution in [0.1, 0.15) is 11.1 Å². The highest BCUT2D eigenvalue weighted by molar-refractivity contribution is 5.91. The third-order valence-corrected chi connectivity index (χ3v) is 3.51. The van der Waals surface area contributed by atoms with Crippen LogP contribution < -0.4 is 0 Å². The van der Waals surface area contributed by atoms with Crippen molar-refractivity contribution in [2.24, 2.45) is 0 Å². The minimum absolute atomic E-state index is 0.993. The van der Waals surface area contributed by atoms with Crippen LogP contribution in [-0.2, 0) is 6.42 Å². The molecule has 0 fully saturated rings. The van der Waals surface area contributed by atoms with Gasteiger partial charge in [-0.1, -0.05) is 42.5 Å². The molecule has 1 aliphatic carbocycles. The van der Waals surface area contributed by atoms with Gasteiger partial charge in [-0.05, 0) is 57.6 Å². The summed E-state index contributed by atoms with van der Waals surface area (Å²) in [7, 11) is 0. The van der Waals surface area contributed by atoms with E-state index in [0.29, 0.717) is 0 Å². The van der Waals surface area contributed by atoms with E-state index in [4.69, 9.17) is 0 Å². The molecule has 3 aromatic carbocycles. The molecule has 4 rings (SSSR count). The number of benzene rings is 3. The number of fused-ring (bicyclic) bond motifs is 4. The van der Waals surface area contributed by atoms with Crippen molar-refractivity contribution in [3.05, 3.63) is 71.8 Å². The lowest BCUT2D eigenvalue weighted by Gasteiger charge is -2.03. The van der Waals surface area contributed by atoms with Gasteiger partial charge in [-0.2, -0.15) is 0 Å². The largest absolute Gasteiger partial charge is 0.0616 e. The van der Waals surface area contributed by atoms with E-state index in [9.17, 15) is 0 Å². The van der Waals surface area contributed by atoms with Crippen LogP contribution >= 0.6 is 0 Å². The summed E-state index contributed by atoms with van der Waals surface area (Å²) in [5.74, 6) is 0. The predicted molar refractivity (Wildman–Crippen MR) is 69.9 cm³/mol. The van der Waals surface area contributed by atoms with Gasteiger partial charge in [0.1, 0.15) is 0 Å². The highest BCUT2D eigenvalue weighted by Crippen LogP contribution is 2.38. The first-order valence-corrected chi connectivity index (χ1v) is 5.85. The normalized spacial score (nSPS) is 12.5. The second kappa shape index (κ2) is 3.21. The predicted octanol–water partition coefficient (Wildman–Crippen LogP) is 4.01. The van der Waals surface area contributed by atoms with Crippen LogP contribution in [0, 0.1) is 12.1 Å². The van der Waals surface area contributed by atoms with Gasteiger partial charge in [-0.15, -0.1) is 0 Å². The third kappa shape index (κ3) is 1.24. The summed E-state index contributed by atoms with van der Waals surface area (Å²) in [5.41, 5.74) is 5.38. The molecule has 0 saturated heterocycles. The maximum atomic E-state index is 3.23. The Bertz CT molecular complexity index is 723. The lowest BCUT2D eigenvalue weighted by Crippen LogP contribution is -1.81. The summed E-state index contributed by atoms with van der Waals surface area (Å²) >= 11 is 0. The van der Waals surface area contributed by atoms with Crippen LogP contribution in [0.4, 0.5) is 0 Å². The van der Waals surface area contributed by atoms with Crippen molar-refractivity contribution in [1.82, 2.24) is 0 Å². The maximum absolute atomic E-state index is 3.23. The van der Waals surface area contributed by atoms with Crippen molar-refractivity contribution < 1.29 is 0 Å². The lowest BCUT2D eigenvalue weighted by molar-refractivity contribution is 1.26. The van der Waals surface area contributed by atoms with Gasteiger partial charge in [0.2, 0.25) is 0 Å². The van der Waals surface area contributed by atoms with Gasteiger partial charge >= 0.3 is 0 Å². The fourth-order valence-corrected chi connectivity index (χ4v) is 2.69. The van der Waals surface area contributed by atoms with E-state index in [1.165, 1.54) is 33.0 Å². The fraction of sp³-hybridized carbons (Fsp3) is 0.0588. The van der Waals surface area contributed by atoms with E-state index < -0.39 is 0 Å². The van der Waals surface area contributed by atoms with Crippen LogP contribution in [-0.4, -0.2) is 0 Å². The minimum atomic E-state index is 0.993. The standard InChI is InChI=1S/C17H10/c1-2-6-13-11-17-15(9-12(13)5-1)10-14-7-3-4-8-16(14)17/h1-2,4-6,8-9,11H,10H2. The lowest BCUT2D eigenvalue weighted by atomic mass is 10.0. The van der Waals surface area contributed by atoms with Gasteiger partial charge in [0, 0.05) is 0 Å². The van der Waals surface area contributed by atoms with E-state index >= 15 is 0 Å². The van der Waals surface area contributed by atoms with E-state index in [2.05, 4.69) is 54.6 Å². The Morgan fingerprint density at radius 3 is 2.59 bits per heavy atom. The maximum Gasteiger partial charge on any atom is -0.000683 e. The third-order valence-electron chi connectivity index (χ3n) is 3.51. The number of rotatable bonds is 0. The van der Waals surface area contributed by atoms with Gasteiger partial charge in [-0.3, -0.25) is 0 Å². The molecule has 0 saturated carbocycles. The Morgan fingerprint density at radius 2 is 1.71 bits per heavy atom. The second-order valence-electron chi connectivity index (χ2n) is 4.53. The summed E-state index contributed by atoms with van der Waals surface area (Å²) in [4.78, 5) is 0. The number of hydrogen-bond acceptors (Lipinski definition) is 0. The van der Waals surface area contributed by atoms with E-state index in [1.807, 2.05) is 6.07 Å². The van der Waals surface area contributed by atoms with Gasteiger partial charge in [0.15, 0.2) is 0 Å². The van der Waals surface area contributed by atoms with Crippen LogP contribution in [0.25, 0.3) is 21.9 Å². The molecule has 0 heteroatoms. The first-order chi connectivity index (χ1) is 8.42. The molecule has 78 valence electrons. The van der Waals surface area contributed by atoms with Crippen molar-refractivity contribution in [2.75, 3.05) is 0 Å². The Labute approximate surface area is 101 Å². The van der Waals surface area contributed by atoms with Crippen molar-refractivity contribution in [1.29, 1.82) is 0 Å². The van der Waals surface area contributed by atoms with Gasteiger partial charge < -0.3 is 0 Å². The van der Waals surface area contributed by atoms with E-state index in [-0.39, 0.29) is 0 Å². The Morgan fingerprint density at radius 1 is 0.882 bits per heavy atom. The SMILES string of the molecule is [c]1[c]c2c(cc1)-c1cc3ccccc3cc1C2. The fourth-order valence-electron chi connectivity index (χ4n) is 2.69. The molecule has 2 radical (unpaired) electrons. The van der Waals surface area contributed by atoms with Gasteiger partial charge in [0.25, 0.3) is 0 Å². The summed E-state index contributed by atoms with van der Waals surface area (Å²) in [5, 5.41) is 2.63. The summed E-state index contributed by atoms with van der Waals surface area (Å²) in [6, 6.07) is 23.5. The van der Waals surface area contributed by atoms with E-state index in [1.54, 1.807) is 0 Å². The Hall–Kier alpha value is -2.08. The quantitative estimate of drug-likeness (QED) is 0.415. The van der Waals surface area contributed by atoms with Crippen LogP contribution in [0.15, 0.2) is 48.5 Å². The topological polar surface area (TPSA) is 0 Å². The molecule has 0 nitrogen and oxygen atoms in total. The molecule has 3 aromatic rings. The van der Waals surface area contributed by atoms with Crippen LogP contribution in [0.2, 0.25) is 0 Å². The monoisotopic (exact) mass is 214 g/mol. The smallest absolute Gasteiger partial charge is 0.000683 e. The molecule has 1 aliphatic rings. The molecule has 0 bridgehead atoms. The molecule has 17 heavy (non-hydrogen) atoms. The van der Waals surface area contributed by atoms with E-state index in [0.717, 1.165) is 6.42 Å². The summed E-state index contributed by atoms with van der Waals surface area (Å²) < 4.78 is 0. The zero-order valence-electron chi connectivity index (χ0n) is 9.33. The molecule has 0 unspecified atom stereocenters. The average Bonchev–Trinajstić information content (AvgIpc) is 2.73. The molecule has 0 spiro atoms. The molecule has 0 atom stereocenters. The number of hydrogen-bond donors (Lipinski definition) is 0. The molecular weight excluding hydrogens is 204 g/mol. The van der Waals surface area contributed by atoms with Crippen LogP contribution in [0.3, 0.4) is 0 Å². The highest BCUT2D eigenvalue weighted by atomic mass is 14.2. The molecule has 0 aromatic heterocycles.